The Labute approximate surface area is 576 Å². The van der Waals surface area contributed by atoms with Gasteiger partial charge >= 0.3 is 0 Å². The molecule has 0 N–H and O–H groups in total. The molecule has 12 heteroatoms. The summed E-state index contributed by atoms with van der Waals surface area (Å²) in [5.41, 5.74) is 21.0. The SMILES string of the molecule is C1=CC2c3c(-c4nc(-c5ccccc5)nc(-c5ccccc5)n4)ccc(-c4ccncc4)c3OC2c2c1n(-c1ccccc1)c1ccccc21.C1=CC2c3c(ccc(-c4cccnc4)c3-c3nc(-c4ccccc4)nc(-c4ccccc4)n3)OC2c2c1n(-c1ccccc1)c1ccccc21. The van der Waals surface area contributed by atoms with Gasteiger partial charge in [0.1, 0.15) is 23.7 Å². The molecular formula is C88H58N10O2. The number of hydrogen-bond acceptors (Lipinski definition) is 10. The predicted molar refractivity (Wildman–Crippen MR) is 396 cm³/mol. The minimum absolute atomic E-state index is 0.0681. The number of hydrogen-bond donors (Lipinski definition) is 0. The van der Waals surface area contributed by atoms with E-state index in [-0.39, 0.29) is 24.0 Å². The zero-order valence-electron chi connectivity index (χ0n) is 53.8. The van der Waals surface area contributed by atoms with Gasteiger partial charge in [0.2, 0.25) is 0 Å². The van der Waals surface area contributed by atoms with Crippen LogP contribution in [0.5, 0.6) is 11.5 Å². The predicted octanol–water partition coefficient (Wildman–Crippen LogP) is 20.2. The molecule has 12 nitrogen and oxygen atoms in total. The lowest BCUT2D eigenvalue weighted by molar-refractivity contribution is 0.224. The van der Waals surface area contributed by atoms with Crippen LogP contribution in [0.25, 0.3) is 136 Å². The average molecular weight is 1290 g/mol. The van der Waals surface area contributed by atoms with Gasteiger partial charge in [-0.2, -0.15) is 0 Å². The number of nitrogens with zero attached hydrogens (tertiary/aromatic N) is 10. The van der Waals surface area contributed by atoms with Crippen molar-refractivity contribution >= 4 is 34.0 Å². The number of ether oxygens (including phenoxy) is 2. The van der Waals surface area contributed by atoms with Gasteiger partial charge in [-0.15, -0.1) is 0 Å². The van der Waals surface area contributed by atoms with Crippen molar-refractivity contribution in [3.63, 3.8) is 0 Å². The van der Waals surface area contributed by atoms with E-state index in [1.54, 1.807) is 6.20 Å². The van der Waals surface area contributed by atoms with Gasteiger partial charge in [0.05, 0.1) is 22.4 Å². The number of fused-ring (bicyclic) bond motifs is 14. The summed E-state index contributed by atoms with van der Waals surface area (Å²) in [6.45, 7) is 0. The third-order valence-corrected chi connectivity index (χ3v) is 19.5. The van der Waals surface area contributed by atoms with Crippen molar-refractivity contribution in [2.75, 3.05) is 0 Å². The molecule has 0 saturated heterocycles. The molecule has 4 atom stereocenters. The number of para-hydroxylation sites is 4. The Balaban J connectivity index is 0.000000139. The highest BCUT2D eigenvalue weighted by Gasteiger charge is 2.45. The molecule has 0 spiro atoms. The minimum Gasteiger partial charge on any atom is -0.484 e. The standard InChI is InChI=1S/2C44H29N5O/c1-4-13-28(14-5-1)42-46-43(29-15-6-2-7-16-29)48-44(47-42)40-32(30-17-12-26-45-27-30)23-25-37-39(40)34-22-24-36-38(41(34)50-37)33-20-10-11-21-35(33)49(36)31-18-8-3-9-19-31;1-4-12-29(13-5-1)42-46-43(30-14-6-2-7-15-30)48-44(47-42)35-21-20-32(28-24-26-45-27-25-28)40-38(35)34-22-23-37-39(41(34)50-40)33-18-10-11-19-36(33)49(37)31-16-8-3-9-17-31/h2*1-27,34,41H. The summed E-state index contributed by atoms with van der Waals surface area (Å²) in [5, 5.41) is 2.37. The van der Waals surface area contributed by atoms with Gasteiger partial charge in [0, 0.05) is 126 Å². The van der Waals surface area contributed by atoms with Crippen LogP contribution in [0.3, 0.4) is 0 Å². The molecule has 0 fully saturated rings. The molecule has 4 aliphatic rings. The van der Waals surface area contributed by atoms with E-state index >= 15 is 0 Å². The summed E-state index contributed by atoms with van der Waals surface area (Å²) in [4.78, 5) is 39.4. The van der Waals surface area contributed by atoms with Crippen molar-refractivity contribution in [3.8, 4) is 113 Å². The second-order valence-electron chi connectivity index (χ2n) is 25.2. The molecule has 472 valence electrons. The van der Waals surface area contributed by atoms with E-state index in [0.717, 1.165) is 112 Å². The lowest BCUT2D eigenvalue weighted by Crippen LogP contribution is -2.14. The summed E-state index contributed by atoms with van der Waals surface area (Å²) in [5.74, 6) is 5.25. The first-order valence-electron chi connectivity index (χ1n) is 33.6. The van der Waals surface area contributed by atoms with E-state index < -0.39 is 0 Å². The van der Waals surface area contributed by atoms with Gasteiger partial charge in [0.25, 0.3) is 0 Å². The van der Waals surface area contributed by atoms with Crippen LogP contribution in [0.2, 0.25) is 0 Å². The van der Waals surface area contributed by atoms with E-state index in [2.05, 4.69) is 183 Å². The summed E-state index contributed by atoms with van der Waals surface area (Å²) < 4.78 is 18.9. The van der Waals surface area contributed by atoms with Crippen molar-refractivity contribution in [2.45, 2.75) is 24.0 Å². The number of rotatable bonds is 10. The molecule has 0 radical (unpaired) electrons. The van der Waals surface area contributed by atoms with E-state index in [1.807, 2.05) is 158 Å². The lowest BCUT2D eigenvalue weighted by Gasteiger charge is -2.23. The maximum atomic E-state index is 7.22. The Hall–Kier alpha value is -13.3. The van der Waals surface area contributed by atoms with E-state index in [0.29, 0.717) is 34.9 Å². The quantitative estimate of drug-likeness (QED) is 0.130. The topological polar surface area (TPSA) is 131 Å². The van der Waals surface area contributed by atoms with Crippen molar-refractivity contribution < 1.29 is 9.47 Å². The third-order valence-electron chi connectivity index (χ3n) is 19.5. The van der Waals surface area contributed by atoms with Gasteiger partial charge in [-0.3, -0.25) is 9.97 Å². The first kappa shape index (κ1) is 58.1. The largest absolute Gasteiger partial charge is 0.484 e. The summed E-state index contributed by atoms with van der Waals surface area (Å²) >= 11 is 0. The fourth-order valence-electron chi connectivity index (χ4n) is 15.1. The van der Waals surface area contributed by atoms with Crippen molar-refractivity contribution in [1.82, 2.24) is 49.0 Å². The Bertz CT molecular complexity index is 5730. The average Bonchev–Trinajstić information content (AvgIpc) is 1.55. The maximum absolute atomic E-state index is 7.22. The fraction of sp³-hybridized carbons (Fsp3) is 0.0455. The van der Waals surface area contributed by atoms with E-state index in [4.69, 9.17) is 39.4 Å². The van der Waals surface area contributed by atoms with Crippen LogP contribution in [0.1, 0.15) is 57.7 Å². The van der Waals surface area contributed by atoms with Crippen LogP contribution >= 0.6 is 0 Å². The van der Waals surface area contributed by atoms with Crippen LogP contribution in [-0.2, 0) is 0 Å². The molecule has 16 aromatic rings. The third kappa shape index (κ3) is 9.90. The smallest absolute Gasteiger partial charge is 0.165 e. The molecule has 100 heavy (non-hydrogen) atoms. The normalized spacial score (nSPS) is 15.7. The fourth-order valence-corrected chi connectivity index (χ4v) is 15.1. The summed E-state index contributed by atoms with van der Waals surface area (Å²) in [6.07, 6.45) is 16.0. The second kappa shape index (κ2) is 24.4. The second-order valence-corrected chi connectivity index (χ2v) is 25.2. The van der Waals surface area contributed by atoms with E-state index in [9.17, 15) is 0 Å². The molecule has 2 aliphatic carbocycles. The maximum Gasteiger partial charge on any atom is 0.165 e. The molecule has 10 aromatic carbocycles. The van der Waals surface area contributed by atoms with Crippen molar-refractivity contribution in [3.05, 3.63) is 350 Å². The molecule has 0 saturated carbocycles. The van der Waals surface area contributed by atoms with Crippen LogP contribution in [0.4, 0.5) is 0 Å². The van der Waals surface area contributed by atoms with Gasteiger partial charge < -0.3 is 18.6 Å². The number of aromatic nitrogens is 10. The van der Waals surface area contributed by atoms with Crippen LogP contribution in [0.15, 0.2) is 316 Å². The molecular weight excluding hydrogens is 1230 g/mol. The molecule has 20 rings (SSSR count). The number of benzene rings is 10. The van der Waals surface area contributed by atoms with Gasteiger partial charge in [-0.1, -0.05) is 212 Å². The Morgan fingerprint density at radius 2 is 0.710 bits per heavy atom. The zero-order chi connectivity index (χ0) is 66.0. The molecule has 0 bridgehead atoms. The Morgan fingerprint density at radius 1 is 0.290 bits per heavy atom. The van der Waals surface area contributed by atoms with Crippen molar-refractivity contribution in [1.29, 1.82) is 0 Å². The molecule has 2 aliphatic heterocycles. The number of pyridine rings is 2. The van der Waals surface area contributed by atoms with Crippen LogP contribution in [-0.4, -0.2) is 49.0 Å². The van der Waals surface area contributed by atoms with Gasteiger partial charge in [0.15, 0.2) is 34.9 Å². The molecule has 0 amide bonds. The van der Waals surface area contributed by atoms with Gasteiger partial charge in [-0.05, 0) is 102 Å². The highest BCUT2D eigenvalue weighted by Crippen LogP contribution is 2.59. The summed E-state index contributed by atoms with van der Waals surface area (Å²) in [6, 6.07) is 95.4. The zero-order valence-corrected chi connectivity index (χ0v) is 53.8. The highest BCUT2D eigenvalue weighted by molar-refractivity contribution is 5.95. The highest BCUT2D eigenvalue weighted by atomic mass is 16.5. The lowest BCUT2D eigenvalue weighted by atomic mass is 9.81. The Morgan fingerprint density at radius 3 is 1.21 bits per heavy atom. The van der Waals surface area contributed by atoms with E-state index in [1.165, 1.54) is 21.9 Å². The summed E-state index contributed by atoms with van der Waals surface area (Å²) in [7, 11) is 0. The molecule has 4 unspecified atom stereocenters. The van der Waals surface area contributed by atoms with Crippen molar-refractivity contribution in [2.24, 2.45) is 0 Å². The minimum atomic E-state index is -0.245. The molecule has 6 aromatic heterocycles. The van der Waals surface area contributed by atoms with Crippen LogP contribution < -0.4 is 9.47 Å². The molecule has 8 heterocycles. The first-order chi connectivity index (χ1) is 49.6. The van der Waals surface area contributed by atoms with Gasteiger partial charge in [-0.25, -0.2) is 29.9 Å². The monoisotopic (exact) mass is 1290 g/mol. The Kier molecular flexibility index (Phi) is 14.2. The first-order valence-corrected chi connectivity index (χ1v) is 33.6. The van der Waals surface area contributed by atoms with Crippen LogP contribution in [0, 0.1) is 0 Å².